The number of nitrogens with two attached hydrogens (primary N) is 1. The van der Waals surface area contributed by atoms with Crippen molar-refractivity contribution in [3.8, 4) is 17.2 Å². The summed E-state index contributed by atoms with van der Waals surface area (Å²) in [6, 6.07) is 9.12. The summed E-state index contributed by atoms with van der Waals surface area (Å²) < 4.78 is 45.1. The zero-order chi connectivity index (χ0) is 16.3. The first-order chi connectivity index (χ1) is 10.3. The van der Waals surface area contributed by atoms with E-state index in [-0.39, 0.29) is 23.9 Å². The van der Waals surface area contributed by atoms with Crippen molar-refractivity contribution in [3.63, 3.8) is 0 Å². The van der Waals surface area contributed by atoms with Gasteiger partial charge in [0.25, 0.3) is 0 Å². The molecule has 2 aromatic rings. The van der Waals surface area contributed by atoms with Crippen molar-refractivity contribution in [2.75, 3.05) is 7.11 Å². The first-order valence-electron chi connectivity index (χ1n) is 6.28. The third-order valence-corrected chi connectivity index (χ3v) is 3.05. The molecule has 0 spiro atoms. The van der Waals surface area contributed by atoms with Crippen LogP contribution >= 0.6 is 12.4 Å². The van der Waals surface area contributed by atoms with E-state index in [0.717, 1.165) is 0 Å². The van der Waals surface area contributed by atoms with Crippen LogP contribution < -0.4 is 15.2 Å². The Morgan fingerprint density at radius 3 is 2.09 bits per heavy atom. The molecule has 0 unspecified atom stereocenters. The highest BCUT2D eigenvalue weighted by molar-refractivity contribution is 5.85. The Balaban J connectivity index is 0.00000264. The molecule has 8 heteroatoms. The lowest BCUT2D eigenvalue weighted by atomic mass is 9.98. The molecule has 0 aliphatic rings. The van der Waals surface area contributed by atoms with Crippen LogP contribution in [0.4, 0.5) is 13.2 Å². The fourth-order valence-electron chi connectivity index (χ4n) is 1.97. The van der Waals surface area contributed by atoms with Gasteiger partial charge in [-0.15, -0.1) is 25.6 Å². The summed E-state index contributed by atoms with van der Waals surface area (Å²) in [5.41, 5.74) is 6.99. The van der Waals surface area contributed by atoms with Crippen LogP contribution in [0.3, 0.4) is 0 Å². The highest BCUT2D eigenvalue weighted by Gasteiger charge is 2.31. The van der Waals surface area contributed by atoms with Crippen LogP contribution in [0.1, 0.15) is 17.2 Å². The molecule has 0 radical (unpaired) electrons. The number of methoxy groups -OCH3 is 1. The van der Waals surface area contributed by atoms with Crippen molar-refractivity contribution in [1.82, 2.24) is 0 Å². The molecule has 0 saturated carbocycles. The van der Waals surface area contributed by atoms with Gasteiger partial charge in [0, 0.05) is 11.6 Å². The lowest BCUT2D eigenvalue weighted by Gasteiger charge is -2.16. The largest absolute Gasteiger partial charge is 0.573 e. The molecule has 126 valence electrons. The molecule has 2 aromatic carbocycles. The Kier molecular flexibility index (Phi) is 6.12. The van der Waals surface area contributed by atoms with Gasteiger partial charge in [0.1, 0.15) is 17.2 Å². The maximum atomic E-state index is 12.1. The molecule has 2 rings (SSSR count). The number of benzene rings is 2. The summed E-state index contributed by atoms with van der Waals surface area (Å²) >= 11 is 0. The molecule has 1 atom stereocenters. The third kappa shape index (κ3) is 4.94. The zero-order valence-corrected chi connectivity index (χ0v) is 12.8. The number of alkyl halides is 3. The first kappa shape index (κ1) is 18.9. The van der Waals surface area contributed by atoms with Crippen molar-refractivity contribution >= 4 is 12.4 Å². The topological polar surface area (TPSA) is 64.7 Å². The van der Waals surface area contributed by atoms with Crippen molar-refractivity contribution < 1.29 is 27.8 Å². The Labute approximate surface area is 137 Å². The van der Waals surface area contributed by atoms with E-state index in [4.69, 9.17) is 10.5 Å². The maximum absolute atomic E-state index is 12.1. The van der Waals surface area contributed by atoms with Crippen LogP contribution in [0.25, 0.3) is 0 Å². The minimum atomic E-state index is -4.74. The fourth-order valence-corrected chi connectivity index (χ4v) is 1.97. The minimum absolute atomic E-state index is 0. The van der Waals surface area contributed by atoms with Crippen LogP contribution in [0.15, 0.2) is 42.5 Å². The average Bonchev–Trinajstić information content (AvgIpc) is 2.45. The van der Waals surface area contributed by atoms with E-state index >= 15 is 0 Å². The molecule has 4 nitrogen and oxygen atoms in total. The Morgan fingerprint density at radius 1 is 1.04 bits per heavy atom. The van der Waals surface area contributed by atoms with Gasteiger partial charge in [0.05, 0.1) is 13.2 Å². The predicted octanol–water partition coefficient (Wildman–Crippen LogP) is 3.77. The highest BCUT2D eigenvalue weighted by atomic mass is 35.5. The zero-order valence-electron chi connectivity index (χ0n) is 12.0. The molecule has 0 aliphatic heterocycles. The second-order valence-electron chi connectivity index (χ2n) is 4.52. The second-order valence-corrected chi connectivity index (χ2v) is 4.52. The van der Waals surface area contributed by atoms with Crippen LogP contribution in [0.5, 0.6) is 17.2 Å². The Morgan fingerprint density at radius 2 is 1.61 bits per heavy atom. The second kappa shape index (κ2) is 7.43. The van der Waals surface area contributed by atoms with E-state index in [2.05, 4.69) is 4.74 Å². The fraction of sp³-hybridized carbons (Fsp3) is 0.200. The van der Waals surface area contributed by atoms with Crippen LogP contribution in [0, 0.1) is 0 Å². The molecule has 0 aliphatic carbocycles. The monoisotopic (exact) mass is 349 g/mol. The number of aromatic hydroxyl groups is 1. The maximum Gasteiger partial charge on any atom is 0.573 e. The molecule has 0 amide bonds. The molecular weight excluding hydrogens is 335 g/mol. The van der Waals surface area contributed by atoms with E-state index in [1.807, 2.05) is 0 Å². The van der Waals surface area contributed by atoms with E-state index in [1.165, 1.54) is 37.4 Å². The number of phenols is 1. The van der Waals surface area contributed by atoms with Gasteiger partial charge >= 0.3 is 6.36 Å². The van der Waals surface area contributed by atoms with E-state index < -0.39 is 12.4 Å². The van der Waals surface area contributed by atoms with Crippen molar-refractivity contribution in [1.29, 1.82) is 0 Å². The molecule has 3 N–H and O–H groups in total. The van der Waals surface area contributed by atoms with Gasteiger partial charge < -0.3 is 20.3 Å². The van der Waals surface area contributed by atoms with Crippen molar-refractivity contribution in [2.45, 2.75) is 12.4 Å². The molecule has 0 saturated heterocycles. The van der Waals surface area contributed by atoms with Crippen LogP contribution in [0.2, 0.25) is 0 Å². The smallest absolute Gasteiger partial charge is 0.507 e. The average molecular weight is 350 g/mol. The van der Waals surface area contributed by atoms with E-state index in [1.54, 1.807) is 12.1 Å². The van der Waals surface area contributed by atoms with Gasteiger partial charge in [-0.2, -0.15) is 0 Å². The Bertz CT molecular complexity index is 647. The summed E-state index contributed by atoms with van der Waals surface area (Å²) in [6.45, 7) is 0. The lowest BCUT2D eigenvalue weighted by molar-refractivity contribution is -0.274. The van der Waals surface area contributed by atoms with Crippen molar-refractivity contribution in [2.24, 2.45) is 5.73 Å². The molecule has 23 heavy (non-hydrogen) atoms. The standard InChI is InChI=1S/C15H14F3NO3.ClH/c1-21-11-6-7-12(13(20)8-11)14(19)9-2-4-10(5-3-9)22-15(16,17)18;/h2-8,14,20H,19H2,1H3;1H/t14-;/m1./s1. The van der Waals surface area contributed by atoms with Gasteiger partial charge in [-0.05, 0) is 29.8 Å². The van der Waals surface area contributed by atoms with Gasteiger partial charge in [0.15, 0.2) is 0 Å². The molecule has 0 bridgehead atoms. The predicted molar refractivity (Wildman–Crippen MR) is 81.1 cm³/mol. The summed E-state index contributed by atoms with van der Waals surface area (Å²) in [5.74, 6) is 0.0900. The van der Waals surface area contributed by atoms with Crippen molar-refractivity contribution in [3.05, 3.63) is 53.6 Å². The lowest BCUT2D eigenvalue weighted by Crippen LogP contribution is -2.17. The minimum Gasteiger partial charge on any atom is -0.507 e. The SMILES string of the molecule is COc1ccc([C@H](N)c2ccc(OC(F)(F)F)cc2)c(O)c1.Cl. The third-order valence-electron chi connectivity index (χ3n) is 3.05. The summed E-state index contributed by atoms with van der Waals surface area (Å²) in [6.07, 6.45) is -4.74. The number of halogens is 4. The molecule has 0 fully saturated rings. The number of ether oxygens (including phenoxy) is 2. The highest BCUT2D eigenvalue weighted by Crippen LogP contribution is 2.32. The molecular formula is C15H15ClF3NO3. The quantitative estimate of drug-likeness (QED) is 0.882. The van der Waals surface area contributed by atoms with E-state index in [0.29, 0.717) is 16.9 Å². The summed E-state index contributed by atoms with van der Waals surface area (Å²) in [4.78, 5) is 0. The molecule has 0 heterocycles. The summed E-state index contributed by atoms with van der Waals surface area (Å²) in [5, 5.41) is 9.93. The van der Waals surface area contributed by atoms with Crippen LogP contribution in [-0.2, 0) is 0 Å². The Hall–Kier alpha value is -2.12. The number of phenolic OH excluding ortho intramolecular Hbond substituents is 1. The van der Waals surface area contributed by atoms with E-state index in [9.17, 15) is 18.3 Å². The van der Waals surface area contributed by atoms with Gasteiger partial charge in [-0.1, -0.05) is 12.1 Å². The number of rotatable bonds is 4. The molecule has 0 aromatic heterocycles. The number of hydrogen-bond acceptors (Lipinski definition) is 4. The number of hydrogen-bond donors (Lipinski definition) is 2. The van der Waals surface area contributed by atoms with Crippen LogP contribution in [-0.4, -0.2) is 18.6 Å². The first-order valence-corrected chi connectivity index (χ1v) is 6.28. The van der Waals surface area contributed by atoms with Gasteiger partial charge in [0.2, 0.25) is 0 Å². The normalized spacial score (nSPS) is 12.2. The van der Waals surface area contributed by atoms with Gasteiger partial charge in [-0.25, -0.2) is 0 Å². The summed E-state index contributed by atoms with van der Waals surface area (Å²) in [7, 11) is 1.47. The van der Waals surface area contributed by atoms with Gasteiger partial charge in [-0.3, -0.25) is 0 Å².